The molecule has 1 aliphatic rings. The van der Waals surface area contributed by atoms with Crippen LogP contribution in [-0.2, 0) is 6.54 Å². The van der Waals surface area contributed by atoms with E-state index in [4.69, 9.17) is 0 Å². The third-order valence-electron chi connectivity index (χ3n) is 4.00. The molecule has 0 bridgehead atoms. The van der Waals surface area contributed by atoms with Gasteiger partial charge < -0.3 is 10.4 Å². The molecule has 1 fully saturated rings. The maximum absolute atomic E-state index is 9.68. The Morgan fingerprint density at radius 1 is 1.47 bits per heavy atom. The van der Waals surface area contributed by atoms with Gasteiger partial charge in [0.05, 0.1) is 6.10 Å². The van der Waals surface area contributed by atoms with E-state index in [1.165, 1.54) is 11.1 Å². The lowest BCUT2D eigenvalue weighted by Gasteiger charge is -2.49. The smallest absolute Gasteiger partial charge is 0.0621 e. The van der Waals surface area contributed by atoms with Crippen molar-refractivity contribution in [3.8, 4) is 0 Å². The maximum atomic E-state index is 9.68. The summed E-state index contributed by atoms with van der Waals surface area (Å²) in [5, 5.41) is 13.2. The highest BCUT2D eigenvalue weighted by molar-refractivity contribution is 9.10. The number of halogens is 1. The number of rotatable bonds is 3. The lowest BCUT2D eigenvalue weighted by atomic mass is 9.64. The Morgan fingerprint density at radius 3 is 2.71 bits per heavy atom. The fourth-order valence-electron chi connectivity index (χ4n) is 2.24. The van der Waals surface area contributed by atoms with Crippen molar-refractivity contribution in [2.75, 3.05) is 0 Å². The summed E-state index contributed by atoms with van der Waals surface area (Å²) in [4.78, 5) is 0. The Labute approximate surface area is 112 Å². The number of hydrogen-bond acceptors (Lipinski definition) is 2. The first-order valence-electron chi connectivity index (χ1n) is 6.07. The maximum Gasteiger partial charge on any atom is 0.0621 e. The molecule has 17 heavy (non-hydrogen) atoms. The van der Waals surface area contributed by atoms with Gasteiger partial charge in [-0.2, -0.15) is 0 Å². The summed E-state index contributed by atoms with van der Waals surface area (Å²) >= 11 is 3.55. The molecule has 2 N–H and O–H groups in total. The molecule has 0 aromatic heterocycles. The van der Waals surface area contributed by atoms with Gasteiger partial charge in [-0.3, -0.25) is 0 Å². The summed E-state index contributed by atoms with van der Waals surface area (Å²) in [5.41, 5.74) is 2.54. The van der Waals surface area contributed by atoms with E-state index in [0.29, 0.717) is 6.04 Å². The number of hydrogen-bond donors (Lipinski definition) is 2. The first-order valence-corrected chi connectivity index (χ1v) is 6.87. The van der Waals surface area contributed by atoms with Crippen molar-refractivity contribution in [2.45, 2.75) is 45.9 Å². The molecule has 1 aromatic rings. The topological polar surface area (TPSA) is 32.3 Å². The first-order chi connectivity index (χ1) is 7.91. The minimum Gasteiger partial charge on any atom is -0.392 e. The fourth-order valence-corrected chi connectivity index (χ4v) is 2.66. The monoisotopic (exact) mass is 297 g/mol. The molecule has 1 saturated carbocycles. The minimum atomic E-state index is -0.162. The summed E-state index contributed by atoms with van der Waals surface area (Å²) in [6, 6.07) is 6.85. The van der Waals surface area contributed by atoms with Crippen LogP contribution < -0.4 is 5.32 Å². The van der Waals surface area contributed by atoms with E-state index in [0.717, 1.165) is 17.4 Å². The average molecular weight is 298 g/mol. The molecule has 94 valence electrons. The van der Waals surface area contributed by atoms with Crippen molar-refractivity contribution in [1.82, 2.24) is 5.32 Å². The van der Waals surface area contributed by atoms with Gasteiger partial charge >= 0.3 is 0 Å². The lowest BCUT2D eigenvalue weighted by Crippen LogP contribution is -2.59. The average Bonchev–Trinajstić information content (AvgIpc) is 2.28. The van der Waals surface area contributed by atoms with Gasteiger partial charge in [0.2, 0.25) is 0 Å². The van der Waals surface area contributed by atoms with E-state index in [-0.39, 0.29) is 11.5 Å². The molecule has 0 radical (unpaired) electrons. The van der Waals surface area contributed by atoms with Crippen molar-refractivity contribution >= 4 is 15.9 Å². The quantitative estimate of drug-likeness (QED) is 0.899. The zero-order valence-electron chi connectivity index (χ0n) is 10.6. The summed E-state index contributed by atoms with van der Waals surface area (Å²) in [5.74, 6) is 0. The van der Waals surface area contributed by atoms with Crippen LogP contribution in [0.5, 0.6) is 0 Å². The van der Waals surface area contributed by atoms with E-state index < -0.39 is 0 Å². The van der Waals surface area contributed by atoms with Gasteiger partial charge in [-0.1, -0.05) is 41.9 Å². The van der Waals surface area contributed by atoms with Crippen molar-refractivity contribution < 1.29 is 5.11 Å². The van der Waals surface area contributed by atoms with Gasteiger partial charge in [0, 0.05) is 22.5 Å². The van der Waals surface area contributed by atoms with Gasteiger partial charge in [0.15, 0.2) is 0 Å². The Hall–Kier alpha value is -0.380. The second kappa shape index (κ2) is 4.71. The molecule has 2 rings (SSSR count). The van der Waals surface area contributed by atoms with E-state index in [1.807, 2.05) is 0 Å². The molecule has 1 aliphatic carbocycles. The van der Waals surface area contributed by atoms with Crippen LogP contribution in [0.4, 0.5) is 0 Å². The Balaban J connectivity index is 1.93. The van der Waals surface area contributed by atoms with Crippen LogP contribution in [0.2, 0.25) is 0 Å². The SMILES string of the molecule is Cc1ccc(CNC2CC(O)C2(C)C)cc1Br. The van der Waals surface area contributed by atoms with Gasteiger partial charge in [-0.05, 0) is 30.5 Å². The van der Waals surface area contributed by atoms with Gasteiger partial charge in [0.25, 0.3) is 0 Å². The van der Waals surface area contributed by atoms with Crippen LogP contribution in [0.25, 0.3) is 0 Å². The highest BCUT2D eigenvalue weighted by Crippen LogP contribution is 2.40. The zero-order valence-corrected chi connectivity index (χ0v) is 12.2. The second-order valence-electron chi connectivity index (χ2n) is 5.59. The van der Waals surface area contributed by atoms with E-state index in [9.17, 15) is 5.11 Å². The van der Waals surface area contributed by atoms with Crippen LogP contribution in [0, 0.1) is 12.3 Å². The van der Waals surface area contributed by atoms with E-state index >= 15 is 0 Å². The van der Waals surface area contributed by atoms with Crippen molar-refractivity contribution in [1.29, 1.82) is 0 Å². The molecular weight excluding hydrogens is 278 g/mol. The van der Waals surface area contributed by atoms with Crippen molar-refractivity contribution in [3.05, 3.63) is 33.8 Å². The summed E-state index contributed by atoms with van der Waals surface area (Å²) in [6.45, 7) is 7.18. The standard InChI is InChI=1S/C14H20BrNO/c1-9-4-5-10(6-11(9)15)8-16-12-7-13(17)14(12,2)3/h4-6,12-13,16-17H,7-8H2,1-3H3. The number of aryl methyl sites for hydroxylation is 1. The minimum absolute atomic E-state index is 0.00191. The second-order valence-corrected chi connectivity index (χ2v) is 6.44. The molecule has 0 heterocycles. The highest BCUT2D eigenvalue weighted by atomic mass is 79.9. The number of benzene rings is 1. The van der Waals surface area contributed by atoms with Crippen LogP contribution in [-0.4, -0.2) is 17.3 Å². The molecule has 2 unspecified atom stereocenters. The molecule has 2 atom stereocenters. The summed E-state index contributed by atoms with van der Waals surface area (Å²) < 4.78 is 1.16. The molecule has 0 saturated heterocycles. The molecule has 2 nitrogen and oxygen atoms in total. The largest absolute Gasteiger partial charge is 0.392 e. The third kappa shape index (κ3) is 2.56. The third-order valence-corrected chi connectivity index (χ3v) is 4.86. The Bertz CT molecular complexity index is 417. The fraction of sp³-hybridized carbons (Fsp3) is 0.571. The predicted octanol–water partition coefficient (Wildman–Crippen LogP) is 3.01. The molecule has 3 heteroatoms. The summed E-state index contributed by atoms with van der Waals surface area (Å²) in [6.07, 6.45) is 0.699. The van der Waals surface area contributed by atoms with Crippen LogP contribution in [0.3, 0.4) is 0 Å². The Morgan fingerprint density at radius 2 is 2.18 bits per heavy atom. The van der Waals surface area contributed by atoms with Crippen LogP contribution >= 0.6 is 15.9 Å². The number of aliphatic hydroxyl groups is 1. The normalized spacial score (nSPS) is 26.6. The Kier molecular flexibility index (Phi) is 3.62. The molecule has 0 aliphatic heterocycles. The zero-order chi connectivity index (χ0) is 12.6. The van der Waals surface area contributed by atoms with E-state index in [1.54, 1.807) is 0 Å². The van der Waals surface area contributed by atoms with Crippen LogP contribution in [0.15, 0.2) is 22.7 Å². The van der Waals surface area contributed by atoms with E-state index in [2.05, 4.69) is 60.2 Å². The predicted molar refractivity (Wildman–Crippen MR) is 73.9 cm³/mol. The molecule has 1 aromatic carbocycles. The molecule has 0 spiro atoms. The van der Waals surface area contributed by atoms with Gasteiger partial charge in [0.1, 0.15) is 0 Å². The molecular formula is C14H20BrNO. The first kappa shape index (κ1) is 13.1. The molecule has 0 amide bonds. The number of aliphatic hydroxyl groups excluding tert-OH is 1. The van der Waals surface area contributed by atoms with Crippen LogP contribution in [0.1, 0.15) is 31.4 Å². The van der Waals surface area contributed by atoms with Crippen molar-refractivity contribution in [3.63, 3.8) is 0 Å². The number of nitrogens with one attached hydrogen (secondary N) is 1. The summed E-state index contributed by atoms with van der Waals surface area (Å²) in [7, 11) is 0. The van der Waals surface area contributed by atoms with Gasteiger partial charge in [-0.15, -0.1) is 0 Å². The lowest BCUT2D eigenvalue weighted by molar-refractivity contribution is -0.0729. The van der Waals surface area contributed by atoms with Crippen molar-refractivity contribution in [2.24, 2.45) is 5.41 Å². The van der Waals surface area contributed by atoms with Gasteiger partial charge in [-0.25, -0.2) is 0 Å². The highest BCUT2D eigenvalue weighted by Gasteiger charge is 2.46.